The van der Waals surface area contributed by atoms with Crippen LogP contribution in [0.1, 0.15) is 25.3 Å². The number of amides is 2. The van der Waals surface area contributed by atoms with E-state index in [0.717, 1.165) is 18.5 Å². The first-order valence-corrected chi connectivity index (χ1v) is 7.97. The van der Waals surface area contributed by atoms with Crippen LogP contribution in [0.5, 0.6) is 0 Å². The smallest absolute Gasteiger partial charge is 0.228 e. The van der Waals surface area contributed by atoms with E-state index in [1.807, 2.05) is 12.1 Å². The zero-order valence-electron chi connectivity index (χ0n) is 13.5. The molecule has 0 heterocycles. The molecule has 1 aliphatic rings. The van der Waals surface area contributed by atoms with E-state index in [9.17, 15) is 14.0 Å². The third-order valence-corrected chi connectivity index (χ3v) is 3.99. The SMILES string of the molecule is CC(=O)N(c1ccc(NC(=O)Cc2ccccc2F)cc1)C1CC1. The Bertz CT molecular complexity index is 754. The van der Waals surface area contributed by atoms with Gasteiger partial charge in [0.2, 0.25) is 11.8 Å². The first-order valence-electron chi connectivity index (χ1n) is 7.97. The number of benzene rings is 2. The predicted molar refractivity (Wildman–Crippen MR) is 91.4 cm³/mol. The van der Waals surface area contributed by atoms with Gasteiger partial charge in [-0.3, -0.25) is 9.59 Å². The van der Waals surface area contributed by atoms with E-state index < -0.39 is 0 Å². The molecule has 1 fully saturated rings. The molecule has 1 aliphatic carbocycles. The van der Waals surface area contributed by atoms with Crippen molar-refractivity contribution in [1.29, 1.82) is 0 Å². The van der Waals surface area contributed by atoms with E-state index >= 15 is 0 Å². The maximum Gasteiger partial charge on any atom is 0.228 e. The second-order valence-corrected chi connectivity index (χ2v) is 5.98. The van der Waals surface area contributed by atoms with Crippen LogP contribution in [0.2, 0.25) is 0 Å². The minimum Gasteiger partial charge on any atom is -0.326 e. The zero-order chi connectivity index (χ0) is 17.1. The molecule has 0 aromatic heterocycles. The van der Waals surface area contributed by atoms with Crippen LogP contribution in [0.3, 0.4) is 0 Å². The van der Waals surface area contributed by atoms with Gasteiger partial charge in [-0.2, -0.15) is 0 Å². The molecule has 0 atom stereocenters. The molecule has 2 aromatic carbocycles. The molecule has 2 aromatic rings. The third-order valence-electron chi connectivity index (χ3n) is 3.99. The zero-order valence-corrected chi connectivity index (χ0v) is 13.5. The van der Waals surface area contributed by atoms with Crippen LogP contribution in [0.15, 0.2) is 48.5 Å². The highest BCUT2D eigenvalue weighted by atomic mass is 19.1. The highest BCUT2D eigenvalue weighted by Gasteiger charge is 2.31. The summed E-state index contributed by atoms with van der Waals surface area (Å²) in [6.45, 7) is 1.56. The fraction of sp³-hybridized carbons (Fsp3) is 0.263. The molecule has 0 saturated heterocycles. The number of halogens is 1. The lowest BCUT2D eigenvalue weighted by molar-refractivity contribution is -0.117. The maximum atomic E-state index is 13.6. The molecule has 2 amide bonds. The summed E-state index contributed by atoms with van der Waals surface area (Å²) in [5, 5.41) is 2.75. The third kappa shape index (κ3) is 3.79. The monoisotopic (exact) mass is 326 g/mol. The number of nitrogens with one attached hydrogen (secondary N) is 1. The van der Waals surface area contributed by atoms with E-state index in [4.69, 9.17) is 0 Å². The van der Waals surface area contributed by atoms with Crippen LogP contribution >= 0.6 is 0 Å². The van der Waals surface area contributed by atoms with Crippen LogP contribution < -0.4 is 10.2 Å². The number of hydrogen-bond donors (Lipinski definition) is 1. The van der Waals surface area contributed by atoms with Crippen molar-refractivity contribution in [2.45, 2.75) is 32.2 Å². The van der Waals surface area contributed by atoms with Gasteiger partial charge in [-0.25, -0.2) is 4.39 Å². The molecule has 124 valence electrons. The minimum absolute atomic E-state index is 0.0178. The van der Waals surface area contributed by atoms with Gasteiger partial charge in [0.05, 0.1) is 6.42 Å². The van der Waals surface area contributed by atoms with E-state index in [2.05, 4.69) is 5.32 Å². The average molecular weight is 326 g/mol. The summed E-state index contributed by atoms with van der Waals surface area (Å²) < 4.78 is 13.6. The lowest BCUT2D eigenvalue weighted by Gasteiger charge is -2.21. The average Bonchev–Trinajstić information content (AvgIpc) is 3.36. The fourth-order valence-corrected chi connectivity index (χ4v) is 2.71. The Morgan fingerprint density at radius 3 is 2.38 bits per heavy atom. The normalized spacial score (nSPS) is 13.4. The van der Waals surface area contributed by atoms with Gasteiger partial charge in [0.1, 0.15) is 5.82 Å². The van der Waals surface area contributed by atoms with E-state index in [1.165, 1.54) is 6.07 Å². The van der Waals surface area contributed by atoms with Crippen LogP contribution in [0.25, 0.3) is 0 Å². The lowest BCUT2D eigenvalue weighted by atomic mass is 10.1. The molecule has 0 radical (unpaired) electrons. The molecule has 0 bridgehead atoms. The van der Waals surface area contributed by atoms with Crippen LogP contribution in [0, 0.1) is 5.82 Å². The number of anilines is 2. The molecular weight excluding hydrogens is 307 g/mol. The number of rotatable bonds is 5. The first-order chi connectivity index (χ1) is 11.5. The topological polar surface area (TPSA) is 49.4 Å². The maximum absolute atomic E-state index is 13.6. The summed E-state index contributed by atoms with van der Waals surface area (Å²) >= 11 is 0. The molecule has 5 heteroatoms. The van der Waals surface area contributed by atoms with Crippen molar-refractivity contribution < 1.29 is 14.0 Å². The van der Waals surface area contributed by atoms with Crippen molar-refractivity contribution in [3.63, 3.8) is 0 Å². The standard InChI is InChI=1S/C19H19FN2O2/c1-13(23)22(17-10-11-17)16-8-6-15(7-9-16)21-19(24)12-14-4-2-3-5-18(14)20/h2-9,17H,10-12H2,1H3,(H,21,24). The van der Waals surface area contributed by atoms with E-state index in [-0.39, 0.29) is 24.1 Å². The Labute approximate surface area is 140 Å². The van der Waals surface area contributed by atoms with Crippen LogP contribution in [0.4, 0.5) is 15.8 Å². The van der Waals surface area contributed by atoms with Gasteiger partial charge in [-0.1, -0.05) is 18.2 Å². The minimum atomic E-state index is -0.385. The van der Waals surface area contributed by atoms with Gasteiger partial charge in [-0.15, -0.1) is 0 Å². The Morgan fingerprint density at radius 1 is 1.12 bits per heavy atom. The van der Waals surface area contributed by atoms with Crippen molar-refractivity contribution in [2.24, 2.45) is 0 Å². The van der Waals surface area contributed by atoms with Crippen LogP contribution in [-0.2, 0) is 16.0 Å². The fourth-order valence-electron chi connectivity index (χ4n) is 2.71. The molecule has 3 rings (SSSR count). The summed E-state index contributed by atoms with van der Waals surface area (Å²) in [6.07, 6.45) is 2.04. The van der Waals surface area contributed by atoms with E-state index in [0.29, 0.717) is 17.3 Å². The second-order valence-electron chi connectivity index (χ2n) is 5.98. The summed E-state index contributed by atoms with van der Waals surface area (Å²) in [4.78, 5) is 25.6. The van der Waals surface area contributed by atoms with Crippen molar-refractivity contribution in [3.8, 4) is 0 Å². The molecule has 0 spiro atoms. The predicted octanol–water partition coefficient (Wildman–Crippen LogP) is 3.52. The molecule has 24 heavy (non-hydrogen) atoms. The van der Waals surface area contributed by atoms with Crippen LogP contribution in [-0.4, -0.2) is 17.9 Å². The number of nitrogens with zero attached hydrogens (tertiary/aromatic N) is 1. The molecule has 0 aliphatic heterocycles. The highest BCUT2D eigenvalue weighted by molar-refractivity contribution is 5.94. The number of carbonyl (C=O) groups excluding carboxylic acids is 2. The first kappa shape index (κ1) is 16.2. The molecular formula is C19H19FN2O2. The van der Waals surface area contributed by atoms with Gasteiger partial charge in [-0.05, 0) is 48.7 Å². The van der Waals surface area contributed by atoms with Gasteiger partial charge in [0.15, 0.2) is 0 Å². The Balaban J connectivity index is 1.64. The van der Waals surface area contributed by atoms with E-state index in [1.54, 1.807) is 42.2 Å². The highest BCUT2D eigenvalue weighted by Crippen LogP contribution is 2.32. The molecule has 4 nitrogen and oxygen atoms in total. The van der Waals surface area contributed by atoms with Crippen molar-refractivity contribution in [2.75, 3.05) is 10.2 Å². The Hall–Kier alpha value is -2.69. The summed E-state index contributed by atoms with van der Waals surface area (Å²) in [5.41, 5.74) is 1.82. The summed E-state index contributed by atoms with van der Waals surface area (Å²) in [6, 6.07) is 13.7. The van der Waals surface area contributed by atoms with Gasteiger partial charge in [0.25, 0.3) is 0 Å². The number of carbonyl (C=O) groups is 2. The molecule has 1 saturated carbocycles. The molecule has 1 N–H and O–H groups in total. The van der Waals surface area contributed by atoms with Crippen molar-refractivity contribution in [3.05, 3.63) is 59.9 Å². The van der Waals surface area contributed by atoms with Gasteiger partial charge in [0, 0.05) is 24.3 Å². The van der Waals surface area contributed by atoms with Gasteiger partial charge < -0.3 is 10.2 Å². The lowest BCUT2D eigenvalue weighted by Crippen LogP contribution is -2.30. The van der Waals surface area contributed by atoms with Gasteiger partial charge >= 0.3 is 0 Å². The summed E-state index contributed by atoms with van der Waals surface area (Å²) in [5.74, 6) is -0.642. The van der Waals surface area contributed by atoms with Crippen molar-refractivity contribution in [1.82, 2.24) is 0 Å². The molecule has 0 unspecified atom stereocenters. The quantitative estimate of drug-likeness (QED) is 0.914. The summed E-state index contributed by atoms with van der Waals surface area (Å²) in [7, 11) is 0. The number of hydrogen-bond acceptors (Lipinski definition) is 2. The largest absolute Gasteiger partial charge is 0.326 e. The second kappa shape index (κ2) is 6.83. The Morgan fingerprint density at radius 2 is 1.79 bits per heavy atom. The van der Waals surface area contributed by atoms with Crippen molar-refractivity contribution >= 4 is 23.2 Å². The Kier molecular flexibility index (Phi) is 4.60.